The van der Waals surface area contributed by atoms with E-state index in [-0.39, 0.29) is 25.9 Å². The van der Waals surface area contributed by atoms with E-state index in [1.54, 1.807) is 0 Å². The van der Waals surface area contributed by atoms with Crippen LogP contribution in [0.2, 0.25) is 0 Å². The Balaban J connectivity index is 4.73. The average molecular weight is 1090 g/mol. The van der Waals surface area contributed by atoms with E-state index in [2.05, 4.69) is 81.5 Å². The van der Waals surface area contributed by atoms with E-state index < -0.39 is 57.8 Å². The van der Waals surface area contributed by atoms with Crippen LogP contribution in [-0.4, -0.2) is 66.5 Å². The van der Waals surface area contributed by atoms with Gasteiger partial charge in [-0.05, 0) is 109 Å². The number of carbonyl (C=O) groups is 3. The third kappa shape index (κ3) is 55.9. The van der Waals surface area contributed by atoms with Crippen LogP contribution in [-0.2, 0) is 42.2 Å². The molecule has 2 N–H and O–H groups in total. The van der Waals surface area contributed by atoms with Crippen molar-refractivity contribution in [1.29, 1.82) is 0 Å². The molecule has 0 aromatic carbocycles. The Hall–Kier alpha value is -2.82. The topological polar surface area (TPSA) is 155 Å². The van der Waals surface area contributed by atoms with Crippen LogP contribution in [0.4, 0.5) is 0 Å². The fourth-order valence-corrected chi connectivity index (χ4v) is 9.37. The zero-order valence-corrected chi connectivity index (χ0v) is 49.9. The van der Waals surface area contributed by atoms with Gasteiger partial charge in [-0.1, -0.05) is 223 Å². The molecular weight excluding hydrogens is 976 g/mol. The van der Waals surface area contributed by atoms with Crippen LogP contribution in [0, 0.1) is 0 Å². The first-order valence-electron chi connectivity index (χ1n) is 31.2. The van der Waals surface area contributed by atoms with Crippen LogP contribution in [0.25, 0.3) is 0 Å². The van der Waals surface area contributed by atoms with Gasteiger partial charge in [-0.25, -0.2) is 4.57 Å². The molecule has 0 aliphatic carbocycles. The lowest BCUT2D eigenvalue weighted by Gasteiger charge is -2.21. The van der Waals surface area contributed by atoms with E-state index in [1.807, 2.05) is 0 Å². The van der Waals surface area contributed by atoms with Crippen LogP contribution in [0.5, 0.6) is 0 Å². The molecule has 0 aromatic heterocycles. The van der Waals surface area contributed by atoms with Crippen molar-refractivity contribution in [2.24, 2.45) is 0 Å². The number of ether oxygens (including phenoxy) is 3. The number of hydrogen-bond acceptors (Lipinski definition) is 10. The second-order valence-electron chi connectivity index (χ2n) is 20.9. The van der Waals surface area contributed by atoms with Crippen molar-refractivity contribution in [1.82, 2.24) is 0 Å². The molecule has 12 heteroatoms. The minimum absolute atomic E-state index is 0.154. The third-order valence-electron chi connectivity index (χ3n) is 13.4. The molecule has 0 aliphatic rings. The van der Waals surface area contributed by atoms with Gasteiger partial charge in [0.05, 0.1) is 19.8 Å². The quantitative estimate of drug-likeness (QED) is 0.0197. The van der Waals surface area contributed by atoms with Crippen molar-refractivity contribution in [3.63, 3.8) is 0 Å². The summed E-state index contributed by atoms with van der Waals surface area (Å²) in [6.45, 7) is 4.61. The maximum Gasteiger partial charge on any atom is 0.472 e. The van der Waals surface area contributed by atoms with Crippen molar-refractivity contribution in [3.8, 4) is 0 Å². The normalized spacial score (nSPS) is 13.7. The zero-order chi connectivity index (χ0) is 55.5. The minimum atomic E-state index is -4.76. The smallest absolute Gasteiger partial charge is 0.462 e. The standard InChI is InChI=1S/C64H115O11P/c1-4-7-10-13-16-19-22-25-28-29-30-31-34-35-38-41-44-47-50-53-62(66)71-57-61(75-64(68)55-52-49-46-43-40-37-33-27-24-21-18-15-12-9-6-3)59-73-76(69,70)72-58-60(56-65)74-63(67)54-51-48-45-42-39-36-32-26-23-20-17-14-11-8-5-2/h16,19,25-28,30-33,60-61,65H,4-15,17-18,20-24,29,34-59H2,1-3H3,(H,69,70)/b19-16-,28-25-,31-30-,32-26-,33-27-. The second kappa shape index (κ2) is 58.3. The molecule has 3 unspecified atom stereocenters. The number of aliphatic hydroxyl groups is 1. The van der Waals surface area contributed by atoms with E-state index in [1.165, 1.54) is 103 Å². The summed E-state index contributed by atoms with van der Waals surface area (Å²) in [5.41, 5.74) is 0. The van der Waals surface area contributed by atoms with E-state index in [4.69, 9.17) is 23.3 Å². The molecule has 0 radical (unpaired) electrons. The van der Waals surface area contributed by atoms with Gasteiger partial charge >= 0.3 is 25.7 Å². The summed E-state index contributed by atoms with van der Waals surface area (Å²) in [5, 5.41) is 9.83. The monoisotopic (exact) mass is 1090 g/mol. The van der Waals surface area contributed by atoms with Crippen molar-refractivity contribution >= 4 is 25.7 Å². The molecule has 0 bridgehead atoms. The summed E-state index contributed by atoms with van der Waals surface area (Å²) in [5.74, 6) is -1.49. The number of rotatable bonds is 58. The third-order valence-corrected chi connectivity index (χ3v) is 14.3. The highest BCUT2D eigenvalue weighted by Crippen LogP contribution is 2.43. The lowest BCUT2D eigenvalue weighted by Crippen LogP contribution is -2.30. The first-order chi connectivity index (χ1) is 37.2. The first kappa shape index (κ1) is 73.2. The number of phosphoric ester groups is 1. The Kier molecular flexibility index (Phi) is 56.2. The molecule has 0 rings (SSSR count). The van der Waals surface area contributed by atoms with Crippen LogP contribution in [0.1, 0.15) is 290 Å². The summed E-state index contributed by atoms with van der Waals surface area (Å²) in [4.78, 5) is 48.7. The maximum absolute atomic E-state index is 12.9. The van der Waals surface area contributed by atoms with Gasteiger partial charge in [0.1, 0.15) is 12.7 Å². The number of hydrogen-bond donors (Lipinski definition) is 2. The summed E-state index contributed by atoms with van der Waals surface area (Å²) in [7, 11) is -4.76. The highest BCUT2D eigenvalue weighted by Gasteiger charge is 2.28. The Bertz CT molecular complexity index is 1510. The van der Waals surface area contributed by atoms with Gasteiger partial charge < -0.3 is 24.2 Å². The van der Waals surface area contributed by atoms with Crippen LogP contribution < -0.4 is 0 Å². The molecule has 0 saturated carbocycles. The summed E-state index contributed by atoms with van der Waals surface area (Å²) in [6.07, 6.45) is 64.5. The SMILES string of the molecule is CCCCC/C=C\C/C=C\C/C=C\CCCCCCCCC(=O)OCC(COP(=O)(O)OCC(CO)OC(=O)CCCCCCC/C=C\CCCCCCCC)OC(=O)CCCCCCC/C=C\CCCCCCCC. The first-order valence-corrected chi connectivity index (χ1v) is 32.7. The second-order valence-corrected chi connectivity index (χ2v) is 22.3. The van der Waals surface area contributed by atoms with Gasteiger partial charge in [0.2, 0.25) is 0 Å². The molecule has 0 spiro atoms. The van der Waals surface area contributed by atoms with Crippen molar-refractivity contribution in [3.05, 3.63) is 60.8 Å². The highest BCUT2D eigenvalue weighted by molar-refractivity contribution is 7.47. The number of phosphoric acid groups is 1. The number of esters is 3. The molecule has 442 valence electrons. The Morgan fingerprint density at radius 2 is 0.645 bits per heavy atom. The van der Waals surface area contributed by atoms with Crippen LogP contribution in [0.3, 0.4) is 0 Å². The molecule has 0 amide bonds. The predicted octanol–water partition coefficient (Wildman–Crippen LogP) is 18.7. The van der Waals surface area contributed by atoms with Gasteiger partial charge in [-0.2, -0.15) is 0 Å². The Morgan fingerprint density at radius 3 is 1.03 bits per heavy atom. The molecule has 0 fully saturated rings. The van der Waals surface area contributed by atoms with Gasteiger partial charge in [0.25, 0.3) is 0 Å². The molecule has 3 atom stereocenters. The summed E-state index contributed by atoms with van der Waals surface area (Å²) < 4.78 is 39.6. The van der Waals surface area contributed by atoms with E-state index >= 15 is 0 Å². The van der Waals surface area contributed by atoms with Gasteiger partial charge in [-0.3, -0.25) is 23.4 Å². The number of allylic oxidation sites excluding steroid dienone is 10. The molecule has 0 aliphatic heterocycles. The maximum atomic E-state index is 12.9. The van der Waals surface area contributed by atoms with E-state index in [0.717, 1.165) is 128 Å². The number of aliphatic hydroxyl groups excluding tert-OH is 1. The average Bonchev–Trinajstić information content (AvgIpc) is 3.41. The fraction of sp³-hybridized carbons (Fsp3) is 0.797. The number of unbranched alkanes of at least 4 members (excludes halogenated alkanes) is 31. The minimum Gasteiger partial charge on any atom is -0.462 e. The molecule has 76 heavy (non-hydrogen) atoms. The lowest BCUT2D eigenvalue weighted by molar-refractivity contribution is -0.161. The van der Waals surface area contributed by atoms with E-state index in [9.17, 15) is 28.9 Å². The van der Waals surface area contributed by atoms with Gasteiger partial charge in [0, 0.05) is 19.3 Å². The number of carbonyl (C=O) groups excluding carboxylic acids is 3. The van der Waals surface area contributed by atoms with Crippen molar-refractivity contribution in [2.75, 3.05) is 26.4 Å². The molecule has 0 aromatic rings. The van der Waals surface area contributed by atoms with Gasteiger partial charge in [-0.15, -0.1) is 0 Å². The van der Waals surface area contributed by atoms with E-state index in [0.29, 0.717) is 19.3 Å². The molecule has 0 heterocycles. The molecular formula is C64H115O11P. The Labute approximate surface area is 465 Å². The molecule has 11 nitrogen and oxygen atoms in total. The highest BCUT2D eigenvalue weighted by atomic mass is 31.2. The predicted molar refractivity (Wildman–Crippen MR) is 316 cm³/mol. The summed E-state index contributed by atoms with van der Waals surface area (Å²) >= 11 is 0. The largest absolute Gasteiger partial charge is 0.472 e. The van der Waals surface area contributed by atoms with Gasteiger partial charge in [0.15, 0.2) is 6.10 Å². The summed E-state index contributed by atoms with van der Waals surface area (Å²) in [6, 6.07) is 0. The van der Waals surface area contributed by atoms with Crippen LogP contribution >= 0.6 is 7.82 Å². The fourth-order valence-electron chi connectivity index (χ4n) is 8.59. The molecule has 0 saturated heterocycles. The Morgan fingerprint density at radius 1 is 0.368 bits per heavy atom. The van der Waals surface area contributed by atoms with Crippen LogP contribution in [0.15, 0.2) is 60.8 Å². The lowest BCUT2D eigenvalue weighted by atomic mass is 10.1. The van der Waals surface area contributed by atoms with Crippen molar-refractivity contribution < 1.29 is 52.2 Å². The zero-order valence-electron chi connectivity index (χ0n) is 49.0. The van der Waals surface area contributed by atoms with Crippen molar-refractivity contribution in [2.45, 2.75) is 303 Å².